The van der Waals surface area contributed by atoms with E-state index < -0.39 is 12.6 Å². The molecule has 0 aromatic heterocycles. The molecule has 0 spiro atoms. The van der Waals surface area contributed by atoms with Crippen molar-refractivity contribution in [1.29, 1.82) is 0 Å². The van der Waals surface area contributed by atoms with Crippen LogP contribution >= 0.6 is 0 Å². The number of hydrogen-bond donors (Lipinski definition) is 2. The third-order valence-electron chi connectivity index (χ3n) is 3.10. The number of carbonyl (C=O) groups is 1. The van der Waals surface area contributed by atoms with E-state index in [0.717, 1.165) is 5.69 Å². The van der Waals surface area contributed by atoms with Crippen LogP contribution in [0.15, 0.2) is 18.2 Å². The summed E-state index contributed by atoms with van der Waals surface area (Å²) in [4.78, 5) is 12.0. The quantitative estimate of drug-likeness (QED) is 0.822. The molecule has 1 aliphatic heterocycles. The predicted octanol–water partition coefficient (Wildman–Crippen LogP) is 2.95. The van der Waals surface area contributed by atoms with Crippen LogP contribution in [0.3, 0.4) is 0 Å². The van der Waals surface area contributed by atoms with Crippen molar-refractivity contribution in [2.75, 3.05) is 25.0 Å². The number of anilines is 1. The highest BCUT2D eigenvalue weighted by atomic mass is 19.4. The maximum atomic E-state index is 12.0. The lowest BCUT2D eigenvalue weighted by Gasteiger charge is -2.21. The second kappa shape index (κ2) is 6.69. The van der Waals surface area contributed by atoms with Crippen LogP contribution in [-0.2, 0) is 0 Å². The van der Waals surface area contributed by atoms with Crippen LogP contribution < -0.4 is 15.4 Å². The Bertz CT molecular complexity index is 503. The summed E-state index contributed by atoms with van der Waals surface area (Å²) < 4.78 is 41.4. The highest BCUT2D eigenvalue weighted by Gasteiger charge is 2.26. The van der Waals surface area contributed by atoms with Crippen LogP contribution in [0.1, 0.15) is 29.6 Å². The minimum absolute atomic E-state index is 0.00866. The van der Waals surface area contributed by atoms with E-state index in [1.807, 2.05) is 6.07 Å². The van der Waals surface area contributed by atoms with Gasteiger partial charge in [-0.1, -0.05) is 6.07 Å². The van der Waals surface area contributed by atoms with E-state index in [4.69, 9.17) is 4.74 Å². The standard InChI is InChI=1S/C14H17F3N2O2/c15-14(16,17)6-1-2-7-19-13(20)10-4-3-5-11-12(10)21-9-8-18-11/h3-5,18H,1-2,6-9H2,(H,19,20). The number of para-hydroxylation sites is 1. The Morgan fingerprint density at radius 3 is 2.90 bits per heavy atom. The van der Waals surface area contributed by atoms with E-state index in [9.17, 15) is 18.0 Å². The van der Waals surface area contributed by atoms with Crippen molar-refractivity contribution >= 4 is 11.6 Å². The molecule has 7 heteroatoms. The van der Waals surface area contributed by atoms with Crippen LogP contribution in [0.4, 0.5) is 18.9 Å². The van der Waals surface area contributed by atoms with Crippen molar-refractivity contribution in [2.24, 2.45) is 0 Å². The smallest absolute Gasteiger partial charge is 0.389 e. The summed E-state index contributed by atoms with van der Waals surface area (Å²) in [6, 6.07) is 5.19. The summed E-state index contributed by atoms with van der Waals surface area (Å²) in [5.41, 5.74) is 1.15. The first-order chi connectivity index (χ1) is 9.97. The summed E-state index contributed by atoms with van der Waals surface area (Å²) in [5.74, 6) is 0.166. The van der Waals surface area contributed by atoms with Gasteiger partial charge in [-0.3, -0.25) is 4.79 Å². The van der Waals surface area contributed by atoms with Crippen LogP contribution in [0.25, 0.3) is 0 Å². The van der Waals surface area contributed by atoms with Gasteiger partial charge in [0, 0.05) is 19.5 Å². The second-order valence-corrected chi connectivity index (χ2v) is 4.79. The molecule has 0 radical (unpaired) electrons. The van der Waals surface area contributed by atoms with Gasteiger partial charge in [-0.05, 0) is 25.0 Å². The van der Waals surface area contributed by atoms with Gasteiger partial charge < -0.3 is 15.4 Å². The lowest BCUT2D eigenvalue weighted by molar-refractivity contribution is -0.135. The molecular formula is C14H17F3N2O2. The third-order valence-corrected chi connectivity index (χ3v) is 3.10. The van der Waals surface area contributed by atoms with Crippen molar-refractivity contribution in [3.8, 4) is 5.75 Å². The number of carbonyl (C=O) groups excluding carboxylic acids is 1. The van der Waals surface area contributed by atoms with E-state index >= 15 is 0 Å². The Balaban J connectivity index is 1.84. The van der Waals surface area contributed by atoms with Gasteiger partial charge in [0.1, 0.15) is 6.61 Å². The second-order valence-electron chi connectivity index (χ2n) is 4.79. The van der Waals surface area contributed by atoms with E-state index in [1.54, 1.807) is 12.1 Å². The molecule has 1 aromatic rings. The zero-order valence-electron chi connectivity index (χ0n) is 11.4. The van der Waals surface area contributed by atoms with Crippen molar-refractivity contribution in [2.45, 2.75) is 25.4 Å². The van der Waals surface area contributed by atoms with Crippen LogP contribution in [0.2, 0.25) is 0 Å². The van der Waals surface area contributed by atoms with Gasteiger partial charge in [-0.25, -0.2) is 0 Å². The third kappa shape index (κ3) is 4.54. The molecule has 4 nitrogen and oxygen atoms in total. The monoisotopic (exact) mass is 302 g/mol. The molecule has 0 aliphatic carbocycles. The Hall–Kier alpha value is -1.92. The van der Waals surface area contributed by atoms with Crippen LogP contribution in [0.5, 0.6) is 5.75 Å². The number of amides is 1. The SMILES string of the molecule is O=C(NCCCCC(F)(F)F)c1cccc2c1OCCN2. The summed E-state index contributed by atoms with van der Waals surface area (Å²) in [7, 11) is 0. The molecule has 1 aliphatic rings. The lowest BCUT2D eigenvalue weighted by Crippen LogP contribution is -2.27. The normalized spacial score (nSPS) is 13.9. The molecule has 0 unspecified atom stereocenters. The van der Waals surface area contributed by atoms with Crippen molar-refractivity contribution in [3.05, 3.63) is 23.8 Å². The molecule has 0 fully saturated rings. The number of benzene rings is 1. The van der Waals surface area contributed by atoms with Gasteiger partial charge in [-0.2, -0.15) is 13.2 Å². The predicted molar refractivity (Wildman–Crippen MR) is 72.7 cm³/mol. The molecular weight excluding hydrogens is 285 g/mol. The van der Waals surface area contributed by atoms with Gasteiger partial charge in [-0.15, -0.1) is 0 Å². The fourth-order valence-corrected chi connectivity index (χ4v) is 2.10. The number of unbranched alkanes of at least 4 members (excludes halogenated alkanes) is 1. The zero-order valence-corrected chi connectivity index (χ0v) is 11.4. The summed E-state index contributed by atoms with van der Waals surface area (Å²) in [5, 5.41) is 5.74. The minimum atomic E-state index is -4.14. The van der Waals surface area contributed by atoms with Gasteiger partial charge in [0.15, 0.2) is 5.75 Å². The Morgan fingerprint density at radius 2 is 2.14 bits per heavy atom. The topological polar surface area (TPSA) is 50.4 Å². The molecule has 2 N–H and O–H groups in total. The highest BCUT2D eigenvalue weighted by molar-refractivity contribution is 5.98. The molecule has 0 bridgehead atoms. The van der Waals surface area contributed by atoms with Gasteiger partial charge in [0.25, 0.3) is 5.91 Å². The number of ether oxygens (including phenoxy) is 1. The molecule has 1 heterocycles. The number of hydrogen-bond acceptors (Lipinski definition) is 3. The number of rotatable bonds is 5. The fraction of sp³-hybridized carbons (Fsp3) is 0.500. The molecule has 0 saturated carbocycles. The van der Waals surface area contributed by atoms with E-state index in [1.165, 1.54) is 0 Å². The average Bonchev–Trinajstić information content (AvgIpc) is 2.45. The molecule has 21 heavy (non-hydrogen) atoms. The Labute approximate surface area is 120 Å². The first-order valence-corrected chi connectivity index (χ1v) is 6.82. The molecule has 1 aromatic carbocycles. The number of alkyl halides is 3. The number of nitrogens with one attached hydrogen (secondary N) is 2. The van der Waals surface area contributed by atoms with Crippen LogP contribution in [-0.4, -0.2) is 31.8 Å². The van der Waals surface area contributed by atoms with Crippen LogP contribution in [0, 0.1) is 0 Å². The number of fused-ring (bicyclic) bond motifs is 1. The Kier molecular flexibility index (Phi) is 4.93. The largest absolute Gasteiger partial charge is 0.489 e. The first-order valence-electron chi connectivity index (χ1n) is 6.82. The zero-order chi connectivity index (χ0) is 15.3. The van der Waals surface area contributed by atoms with Crippen molar-refractivity contribution < 1.29 is 22.7 Å². The lowest BCUT2D eigenvalue weighted by atomic mass is 10.1. The molecule has 2 rings (SSSR count). The summed E-state index contributed by atoms with van der Waals surface area (Å²) in [6.07, 6.45) is -4.66. The van der Waals surface area contributed by atoms with E-state index in [-0.39, 0.29) is 18.9 Å². The van der Waals surface area contributed by atoms with Gasteiger partial charge in [0.05, 0.1) is 11.3 Å². The molecule has 1 amide bonds. The van der Waals surface area contributed by atoms with Crippen molar-refractivity contribution in [3.63, 3.8) is 0 Å². The fourth-order valence-electron chi connectivity index (χ4n) is 2.10. The molecule has 0 saturated heterocycles. The minimum Gasteiger partial charge on any atom is -0.489 e. The Morgan fingerprint density at radius 1 is 1.33 bits per heavy atom. The molecule has 0 atom stereocenters. The molecule has 116 valence electrons. The van der Waals surface area contributed by atoms with Gasteiger partial charge in [0.2, 0.25) is 0 Å². The summed E-state index contributed by atoms with van der Waals surface area (Å²) in [6.45, 7) is 1.37. The van der Waals surface area contributed by atoms with E-state index in [2.05, 4.69) is 10.6 Å². The van der Waals surface area contributed by atoms with Gasteiger partial charge >= 0.3 is 6.18 Å². The van der Waals surface area contributed by atoms with Crippen molar-refractivity contribution in [1.82, 2.24) is 5.32 Å². The first kappa shape index (κ1) is 15.5. The number of halogens is 3. The summed E-state index contributed by atoms with van der Waals surface area (Å²) >= 11 is 0. The average molecular weight is 302 g/mol. The highest BCUT2D eigenvalue weighted by Crippen LogP contribution is 2.31. The van der Waals surface area contributed by atoms with E-state index in [0.29, 0.717) is 30.9 Å². The maximum absolute atomic E-state index is 12.0. The maximum Gasteiger partial charge on any atom is 0.389 e.